The summed E-state index contributed by atoms with van der Waals surface area (Å²) < 4.78 is 1.63. The highest BCUT2D eigenvalue weighted by atomic mass is 16.1. The maximum Gasteiger partial charge on any atom is 0.258 e. The van der Waals surface area contributed by atoms with Crippen molar-refractivity contribution in [2.45, 2.75) is 26.2 Å². The molecule has 0 amide bonds. The smallest absolute Gasteiger partial charge is 0.258 e. The summed E-state index contributed by atoms with van der Waals surface area (Å²) in [5, 5.41) is 3.36. The predicted octanol–water partition coefficient (Wildman–Crippen LogP) is 1.55. The van der Waals surface area contributed by atoms with Crippen LogP contribution in [-0.2, 0) is 6.42 Å². The van der Waals surface area contributed by atoms with Gasteiger partial charge in [-0.2, -0.15) is 0 Å². The van der Waals surface area contributed by atoms with Crippen molar-refractivity contribution in [3.05, 3.63) is 46.0 Å². The number of nitrogens with zero attached hydrogens (tertiary/aromatic N) is 2. The van der Waals surface area contributed by atoms with Crippen LogP contribution in [-0.4, -0.2) is 22.5 Å². The Morgan fingerprint density at radius 1 is 1.42 bits per heavy atom. The van der Waals surface area contributed by atoms with Crippen LogP contribution in [0, 0.1) is 12.8 Å². The molecule has 100 valence electrons. The highest BCUT2D eigenvalue weighted by Crippen LogP contribution is 2.17. The maximum atomic E-state index is 12.1. The molecule has 1 N–H and O–H groups in total. The van der Waals surface area contributed by atoms with Crippen molar-refractivity contribution >= 4 is 5.65 Å². The van der Waals surface area contributed by atoms with E-state index in [1.54, 1.807) is 16.7 Å². The topological polar surface area (TPSA) is 46.4 Å². The number of fused-ring (bicyclic) bond motifs is 1. The molecular weight excluding hydrogens is 238 g/mol. The van der Waals surface area contributed by atoms with E-state index in [0.717, 1.165) is 36.4 Å². The second-order valence-electron chi connectivity index (χ2n) is 5.37. The third kappa shape index (κ3) is 2.54. The first-order valence-electron chi connectivity index (χ1n) is 6.92. The number of rotatable bonds is 2. The Kier molecular flexibility index (Phi) is 3.34. The fraction of sp³-hybridized carbons (Fsp3) is 0.467. The molecule has 0 bridgehead atoms. The molecule has 0 spiro atoms. The lowest BCUT2D eigenvalue weighted by Crippen LogP contribution is -2.29. The zero-order valence-electron chi connectivity index (χ0n) is 11.2. The highest BCUT2D eigenvalue weighted by Gasteiger charge is 2.15. The quantitative estimate of drug-likeness (QED) is 0.888. The van der Waals surface area contributed by atoms with E-state index >= 15 is 0 Å². The highest BCUT2D eigenvalue weighted by molar-refractivity contribution is 5.46. The largest absolute Gasteiger partial charge is 0.317 e. The van der Waals surface area contributed by atoms with Crippen LogP contribution in [0.5, 0.6) is 0 Å². The van der Waals surface area contributed by atoms with Gasteiger partial charge in [-0.15, -0.1) is 0 Å². The minimum atomic E-state index is 0.0256. The Bertz CT molecular complexity index is 641. The van der Waals surface area contributed by atoms with Crippen LogP contribution >= 0.6 is 0 Å². The maximum absolute atomic E-state index is 12.1. The Morgan fingerprint density at radius 2 is 2.21 bits per heavy atom. The molecule has 3 heterocycles. The molecule has 0 aliphatic carbocycles. The summed E-state index contributed by atoms with van der Waals surface area (Å²) in [6.45, 7) is 4.16. The Morgan fingerprint density at radius 3 is 3.00 bits per heavy atom. The fourth-order valence-electron chi connectivity index (χ4n) is 2.79. The molecule has 4 heteroatoms. The molecule has 0 saturated carbocycles. The number of nitrogens with one attached hydrogen (secondary N) is 1. The van der Waals surface area contributed by atoms with Crippen molar-refractivity contribution in [1.82, 2.24) is 14.7 Å². The Labute approximate surface area is 112 Å². The SMILES string of the molecule is Cc1cccn2c(=O)cc(CC3CCNCC3)nc12. The van der Waals surface area contributed by atoms with Gasteiger partial charge in [0.25, 0.3) is 5.56 Å². The first-order chi connectivity index (χ1) is 9.24. The molecule has 0 atom stereocenters. The average molecular weight is 257 g/mol. The van der Waals surface area contributed by atoms with E-state index in [0.29, 0.717) is 5.92 Å². The first kappa shape index (κ1) is 12.4. The van der Waals surface area contributed by atoms with Gasteiger partial charge in [0.05, 0.1) is 0 Å². The third-order valence-corrected chi connectivity index (χ3v) is 3.90. The fourth-order valence-corrected chi connectivity index (χ4v) is 2.79. The van der Waals surface area contributed by atoms with Gasteiger partial charge in [-0.3, -0.25) is 9.20 Å². The second kappa shape index (κ2) is 5.13. The van der Waals surface area contributed by atoms with Gasteiger partial charge < -0.3 is 5.32 Å². The summed E-state index contributed by atoms with van der Waals surface area (Å²) in [5.41, 5.74) is 2.80. The van der Waals surface area contributed by atoms with E-state index in [1.165, 1.54) is 12.8 Å². The van der Waals surface area contributed by atoms with Gasteiger partial charge in [-0.25, -0.2) is 4.98 Å². The molecule has 0 unspecified atom stereocenters. The molecule has 1 saturated heterocycles. The van der Waals surface area contributed by atoms with Crippen LogP contribution in [0.3, 0.4) is 0 Å². The van der Waals surface area contributed by atoms with E-state index in [4.69, 9.17) is 0 Å². The van der Waals surface area contributed by atoms with Gasteiger partial charge in [0, 0.05) is 18.0 Å². The molecule has 0 radical (unpaired) electrons. The molecule has 1 aliphatic heterocycles. The van der Waals surface area contributed by atoms with Crippen LogP contribution in [0.1, 0.15) is 24.1 Å². The summed E-state index contributed by atoms with van der Waals surface area (Å²) in [6, 6.07) is 5.57. The van der Waals surface area contributed by atoms with E-state index in [-0.39, 0.29) is 5.56 Å². The van der Waals surface area contributed by atoms with Gasteiger partial charge >= 0.3 is 0 Å². The van der Waals surface area contributed by atoms with Crippen molar-refractivity contribution < 1.29 is 0 Å². The minimum Gasteiger partial charge on any atom is -0.317 e. The van der Waals surface area contributed by atoms with Gasteiger partial charge in [-0.05, 0) is 56.8 Å². The predicted molar refractivity (Wildman–Crippen MR) is 75.5 cm³/mol. The molecule has 2 aromatic rings. The molecule has 1 fully saturated rings. The van der Waals surface area contributed by atoms with Crippen LogP contribution in [0.25, 0.3) is 5.65 Å². The summed E-state index contributed by atoms with van der Waals surface area (Å²) in [6.07, 6.45) is 5.05. The summed E-state index contributed by atoms with van der Waals surface area (Å²) >= 11 is 0. The zero-order valence-corrected chi connectivity index (χ0v) is 11.2. The third-order valence-electron chi connectivity index (χ3n) is 3.90. The standard InChI is InChI=1S/C15H19N3O/c1-11-3-2-8-18-14(19)10-13(17-15(11)18)9-12-4-6-16-7-5-12/h2-3,8,10,12,16H,4-7,9H2,1H3. The molecule has 4 nitrogen and oxygen atoms in total. The number of aryl methyl sites for hydroxylation is 1. The zero-order chi connectivity index (χ0) is 13.2. The number of hydrogen-bond donors (Lipinski definition) is 1. The Hall–Kier alpha value is -1.68. The van der Waals surface area contributed by atoms with Gasteiger partial charge in [0.1, 0.15) is 5.65 Å². The van der Waals surface area contributed by atoms with Gasteiger partial charge in [0.15, 0.2) is 0 Å². The lowest BCUT2D eigenvalue weighted by atomic mass is 9.93. The summed E-state index contributed by atoms with van der Waals surface area (Å²) in [4.78, 5) is 16.8. The van der Waals surface area contributed by atoms with Crippen molar-refractivity contribution in [3.63, 3.8) is 0 Å². The lowest BCUT2D eigenvalue weighted by molar-refractivity contribution is 0.370. The molecule has 1 aliphatic rings. The molecule has 3 rings (SSSR count). The van der Waals surface area contributed by atoms with Crippen molar-refractivity contribution in [1.29, 1.82) is 0 Å². The van der Waals surface area contributed by atoms with Crippen LogP contribution < -0.4 is 10.9 Å². The van der Waals surface area contributed by atoms with E-state index in [1.807, 2.05) is 19.1 Å². The average Bonchev–Trinajstić information content (AvgIpc) is 2.41. The molecule has 19 heavy (non-hydrogen) atoms. The van der Waals surface area contributed by atoms with Crippen molar-refractivity contribution in [2.75, 3.05) is 13.1 Å². The number of piperidine rings is 1. The van der Waals surface area contributed by atoms with Gasteiger partial charge in [0.2, 0.25) is 0 Å². The number of hydrogen-bond acceptors (Lipinski definition) is 3. The molecular formula is C15H19N3O. The summed E-state index contributed by atoms with van der Waals surface area (Å²) in [7, 11) is 0. The molecule has 2 aromatic heterocycles. The van der Waals surface area contributed by atoms with E-state index < -0.39 is 0 Å². The number of aromatic nitrogens is 2. The normalized spacial score (nSPS) is 16.9. The van der Waals surface area contributed by atoms with E-state index in [2.05, 4.69) is 10.3 Å². The molecule has 0 aromatic carbocycles. The van der Waals surface area contributed by atoms with Crippen molar-refractivity contribution in [2.24, 2.45) is 5.92 Å². The number of pyridine rings is 1. The van der Waals surface area contributed by atoms with Crippen molar-refractivity contribution in [3.8, 4) is 0 Å². The van der Waals surface area contributed by atoms with Crippen LogP contribution in [0.15, 0.2) is 29.2 Å². The van der Waals surface area contributed by atoms with Crippen LogP contribution in [0.4, 0.5) is 0 Å². The second-order valence-corrected chi connectivity index (χ2v) is 5.37. The van der Waals surface area contributed by atoms with Crippen LogP contribution in [0.2, 0.25) is 0 Å². The van der Waals surface area contributed by atoms with E-state index in [9.17, 15) is 4.79 Å². The monoisotopic (exact) mass is 257 g/mol. The van der Waals surface area contributed by atoms with Gasteiger partial charge in [-0.1, -0.05) is 6.07 Å². The summed E-state index contributed by atoms with van der Waals surface area (Å²) in [5.74, 6) is 0.652. The lowest BCUT2D eigenvalue weighted by Gasteiger charge is -2.22. The Balaban J connectivity index is 1.96. The minimum absolute atomic E-state index is 0.0256. The first-order valence-corrected chi connectivity index (χ1v) is 6.92.